The zero-order chi connectivity index (χ0) is 18.4. The first kappa shape index (κ1) is 18.6. The van der Waals surface area contributed by atoms with Crippen molar-refractivity contribution in [1.29, 1.82) is 0 Å². The summed E-state index contributed by atoms with van der Waals surface area (Å²) in [5, 5.41) is 19.2. The van der Waals surface area contributed by atoms with E-state index in [0.29, 0.717) is 5.69 Å². The number of benzene rings is 1. The number of aliphatic hydroxyl groups is 1. The van der Waals surface area contributed by atoms with Gasteiger partial charge in [-0.25, -0.2) is 18.8 Å². The van der Waals surface area contributed by atoms with Crippen LogP contribution in [0.25, 0.3) is 0 Å². The Morgan fingerprint density at radius 3 is 2.88 bits per heavy atom. The number of nitrogens with zero attached hydrogens (tertiary/aromatic N) is 4. The first-order valence-electron chi connectivity index (χ1n) is 6.95. The number of carbonyl (C=O) groups is 1. The molecule has 9 nitrogen and oxygen atoms in total. The lowest BCUT2D eigenvalue weighted by molar-refractivity contribution is 0.109. The lowest BCUT2D eigenvalue weighted by atomic mass is 10.2. The lowest BCUT2D eigenvalue weighted by Crippen LogP contribution is -2.23. The number of amidine groups is 1. The molecule has 0 aliphatic carbocycles. The molecular weight excluding hydrogens is 357 g/mol. The van der Waals surface area contributed by atoms with Crippen molar-refractivity contribution < 1.29 is 23.7 Å². The summed E-state index contributed by atoms with van der Waals surface area (Å²) in [4.78, 5) is 16.6. The summed E-state index contributed by atoms with van der Waals surface area (Å²) >= 11 is 5.73. The van der Waals surface area contributed by atoms with E-state index in [4.69, 9.17) is 21.4 Å². The second-order valence-corrected chi connectivity index (χ2v) is 5.32. The fraction of sp³-hybridized carbons (Fsp3) is 0.286. The zero-order valence-electron chi connectivity index (χ0n) is 13.4. The number of aromatic nitrogens is 2. The number of carbonyl (C=O) groups excluding carboxylic acids is 1. The first-order chi connectivity index (χ1) is 11.9. The lowest BCUT2D eigenvalue weighted by Gasteiger charge is -2.11. The van der Waals surface area contributed by atoms with Crippen molar-refractivity contribution in [1.82, 2.24) is 15.2 Å². The highest BCUT2D eigenvalue weighted by molar-refractivity contribution is 6.31. The number of ether oxygens (including phenoxy) is 1. The molecule has 134 valence electrons. The summed E-state index contributed by atoms with van der Waals surface area (Å²) in [6.07, 6.45) is -0.576. The van der Waals surface area contributed by atoms with E-state index in [1.54, 1.807) is 0 Å². The van der Waals surface area contributed by atoms with Crippen molar-refractivity contribution in [3.05, 3.63) is 40.4 Å². The van der Waals surface area contributed by atoms with Gasteiger partial charge in [-0.05, 0) is 23.4 Å². The Kier molecular flexibility index (Phi) is 6.25. The van der Waals surface area contributed by atoms with Crippen LogP contribution in [0.1, 0.15) is 11.4 Å². The van der Waals surface area contributed by atoms with Crippen molar-refractivity contribution in [2.45, 2.75) is 6.61 Å². The number of halogens is 2. The van der Waals surface area contributed by atoms with Gasteiger partial charge in [-0.1, -0.05) is 16.8 Å². The van der Waals surface area contributed by atoms with Crippen LogP contribution in [-0.4, -0.2) is 53.1 Å². The Hall–Kier alpha value is -2.72. The van der Waals surface area contributed by atoms with Crippen LogP contribution in [-0.2, 0) is 11.3 Å². The van der Waals surface area contributed by atoms with E-state index in [-0.39, 0.29) is 28.9 Å². The molecule has 1 aromatic heterocycles. The fourth-order valence-electron chi connectivity index (χ4n) is 1.70. The maximum atomic E-state index is 13.2. The number of rotatable bonds is 5. The largest absolute Gasteiger partial charge is 0.443 e. The number of aliphatic imine (C=N–C) groups is 1. The van der Waals surface area contributed by atoms with Crippen LogP contribution in [0.3, 0.4) is 0 Å². The molecule has 0 spiro atoms. The van der Waals surface area contributed by atoms with Gasteiger partial charge in [-0.2, -0.15) is 0 Å². The summed E-state index contributed by atoms with van der Waals surface area (Å²) < 4.78 is 22.9. The predicted octanol–water partition coefficient (Wildman–Crippen LogP) is 1.87. The predicted molar refractivity (Wildman–Crippen MR) is 86.8 cm³/mol. The monoisotopic (exact) mass is 371 g/mol. The molecule has 0 aliphatic heterocycles. The quantitative estimate of drug-likeness (QED) is 0.609. The minimum Gasteiger partial charge on any atom is -0.443 e. The molecule has 2 N–H and O–H groups in total. The Bertz CT molecular complexity index is 780. The van der Waals surface area contributed by atoms with Crippen molar-refractivity contribution in [3.63, 3.8) is 0 Å². The van der Waals surface area contributed by atoms with Gasteiger partial charge in [0.25, 0.3) is 0 Å². The highest BCUT2D eigenvalue weighted by Gasteiger charge is 2.19. The van der Waals surface area contributed by atoms with E-state index in [1.165, 1.54) is 37.2 Å². The second-order valence-electron chi connectivity index (χ2n) is 4.91. The van der Waals surface area contributed by atoms with Gasteiger partial charge in [0.2, 0.25) is 0 Å². The molecule has 0 fully saturated rings. The Balaban J connectivity index is 2.20. The number of nitrogens with one attached hydrogen (secondary N) is 1. The molecule has 0 unspecified atom stereocenters. The smallest absolute Gasteiger partial charge is 0.409 e. The van der Waals surface area contributed by atoms with E-state index < -0.39 is 18.6 Å². The molecule has 0 radical (unpaired) electrons. The molecule has 1 heterocycles. The topological polar surface area (TPSA) is 113 Å². The van der Waals surface area contributed by atoms with Gasteiger partial charge in [-0.15, -0.1) is 0 Å². The number of amides is 1. The average molecular weight is 372 g/mol. The van der Waals surface area contributed by atoms with Gasteiger partial charge in [0.05, 0.1) is 5.02 Å². The highest BCUT2D eigenvalue weighted by Crippen LogP contribution is 2.20. The average Bonchev–Trinajstić information content (AvgIpc) is 3.04. The molecule has 1 amide bonds. The second kappa shape index (κ2) is 8.40. The number of aliphatic hydroxyl groups excluding tert-OH is 1. The van der Waals surface area contributed by atoms with E-state index in [2.05, 4.69) is 25.3 Å². The van der Waals surface area contributed by atoms with Gasteiger partial charge >= 0.3 is 6.09 Å². The van der Waals surface area contributed by atoms with E-state index in [1.807, 2.05) is 0 Å². The summed E-state index contributed by atoms with van der Waals surface area (Å²) in [6, 6.07) is 3.93. The molecule has 0 aliphatic rings. The molecule has 25 heavy (non-hydrogen) atoms. The standard InChI is InChI=1S/C14H15ClFN5O4/c1-21(2)14(23)24-6-11-12(20-25-19-11)13(17-7-22)18-8-3-4-10(16)9(15)5-8/h3-5,22H,6-7H2,1-2H3,(H,17,18). The van der Waals surface area contributed by atoms with Gasteiger partial charge in [-0.3, -0.25) is 0 Å². The molecule has 11 heteroatoms. The molecular formula is C14H15ClFN5O4. The third-order valence-corrected chi connectivity index (χ3v) is 3.18. The van der Waals surface area contributed by atoms with Crippen molar-refractivity contribution >= 4 is 29.2 Å². The third-order valence-electron chi connectivity index (χ3n) is 2.89. The van der Waals surface area contributed by atoms with Crippen molar-refractivity contribution in [2.75, 3.05) is 26.1 Å². The highest BCUT2D eigenvalue weighted by atomic mass is 35.5. The van der Waals surface area contributed by atoms with Crippen molar-refractivity contribution in [2.24, 2.45) is 4.99 Å². The number of hydrogen-bond acceptors (Lipinski definition) is 7. The molecule has 1 aromatic carbocycles. The summed E-state index contributed by atoms with van der Waals surface area (Å²) in [5.41, 5.74) is 0.710. The van der Waals surface area contributed by atoms with E-state index in [9.17, 15) is 9.18 Å². The molecule has 0 bridgehead atoms. The van der Waals surface area contributed by atoms with Gasteiger partial charge in [0.15, 0.2) is 17.2 Å². The molecule has 2 aromatic rings. The third kappa shape index (κ3) is 4.88. The van der Waals surface area contributed by atoms with Crippen LogP contribution in [0.4, 0.5) is 14.9 Å². The number of hydrogen-bond donors (Lipinski definition) is 2. The van der Waals surface area contributed by atoms with E-state index >= 15 is 0 Å². The molecule has 2 rings (SSSR count). The molecule has 0 saturated carbocycles. The molecule has 0 atom stereocenters. The van der Waals surface area contributed by atoms with Gasteiger partial charge in [0.1, 0.15) is 19.2 Å². The van der Waals surface area contributed by atoms with Crippen LogP contribution in [0.2, 0.25) is 5.02 Å². The van der Waals surface area contributed by atoms with Crippen LogP contribution in [0.15, 0.2) is 27.8 Å². The normalized spacial score (nSPS) is 11.3. The Morgan fingerprint density at radius 1 is 1.48 bits per heavy atom. The Labute approximate surface area is 147 Å². The number of anilines is 1. The van der Waals surface area contributed by atoms with Crippen LogP contribution in [0, 0.1) is 5.82 Å². The maximum Gasteiger partial charge on any atom is 0.409 e. The SMILES string of the molecule is CN(C)C(=O)OCc1nonc1C(=NCO)Nc1ccc(F)c(Cl)c1. The van der Waals surface area contributed by atoms with Gasteiger partial charge in [0, 0.05) is 19.8 Å². The van der Waals surface area contributed by atoms with Gasteiger partial charge < -0.3 is 20.1 Å². The maximum absolute atomic E-state index is 13.2. The Morgan fingerprint density at radius 2 is 2.24 bits per heavy atom. The minimum absolute atomic E-state index is 0.0855. The first-order valence-corrected chi connectivity index (χ1v) is 7.33. The molecule has 0 saturated heterocycles. The van der Waals surface area contributed by atoms with Crippen LogP contribution in [0.5, 0.6) is 0 Å². The minimum atomic E-state index is -0.577. The van der Waals surface area contributed by atoms with Crippen molar-refractivity contribution in [3.8, 4) is 0 Å². The summed E-state index contributed by atoms with van der Waals surface area (Å²) in [5.74, 6) is -0.491. The van der Waals surface area contributed by atoms with Crippen LogP contribution >= 0.6 is 11.6 Å². The fourth-order valence-corrected chi connectivity index (χ4v) is 1.88. The van der Waals surface area contributed by atoms with Crippen LogP contribution < -0.4 is 5.32 Å². The van der Waals surface area contributed by atoms with E-state index in [0.717, 1.165) is 0 Å². The zero-order valence-corrected chi connectivity index (χ0v) is 14.1. The summed E-state index contributed by atoms with van der Waals surface area (Å²) in [6.45, 7) is -0.771. The summed E-state index contributed by atoms with van der Waals surface area (Å²) in [7, 11) is 3.06.